The number of thiazole rings is 1. The fourth-order valence-electron chi connectivity index (χ4n) is 2.93. The number of hydrogen-bond acceptors (Lipinski definition) is 6. The van der Waals surface area contributed by atoms with Crippen LogP contribution in [0, 0.1) is 6.92 Å². The first kappa shape index (κ1) is 18.1. The van der Waals surface area contributed by atoms with Gasteiger partial charge >= 0.3 is 0 Å². The molecule has 2 aromatic heterocycles. The van der Waals surface area contributed by atoms with Gasteiger partial charge in [-0.3, -0.25) is 0 Å². The SMILES string of the molecule is Cc1csc(-c2ccc(Oc3ccc(S(=O)(=O)N4CCCC4)cn3)cc2)n1. The van der Waals surface area contributed by atoms with E-state index in [0.29, 0.717) is 24.7 Å². The van der Waals surface area contributed by atoms with E-state index >= 15 is 0 Å². The molecule has 1 aromatic carbocycles. The zero-order valence-corrected chi connectivity index (χ0v) is 16.5. The predicted octanol–water partition coefficient (Wildman–Crippen LogP) is 4.09. The number of rotatable bonds is 5. The smallest absolute Gasteiger partial charge is 0.244 e. The molecule has 0 saturated carbocycles. The average Bonchev–Trinajstić information content (AvgIpc) is 3.35. The maximum Gasteiger partial charge on any atom is 0.244 e. The summed E-state index contributed by atoms with van der Waals surface area (Å²) < 4.78 is 32.3. The number of benzene rings is 1. The van der Waals surface area contributed by atoms with Gasteiger partial charge in [0, 0.05) is 35.8 Å². The van der Waals surface area contributed by atoms with E-state index in [4.69, 9.17) is 4.74 Å². The lowest BCUT2D eigenvalue weighted by Gasteiger charge is -2.15. The second-order valence-corrected chi connectivity index (χ2v) is 9.16. The number of ether oxygens (including phenoxy) is 1. The van der Waals surface area contributed by atoms with Crippen molar-refractivity contribution in [1.82, 2.24) is 14.3 Å². The Kier molecular flexibility index (Phi) is 4.94. The first-order chi connectivity index (χ1) is 13.0. The second kappa shape index (κ2) is 7.38. The van der Waals surface area contributed by atoms with Gasteiger partial charge in [-0.05, 0) is 50.1 Å². The Bertz CT molecular complexity index is 1020. The molecule has 3 aromatic rings. The molecule has 0 spiro atoms. The highest BCUT2D eigenvalue weighted by Gasteiger charge is 2.27. The summed E-state index contributed by atoms with van der Waals surface area (Å²) in [4.78, 5) is 8.82. The van der Waals surface area contributed by atoms with E-state index in [1.165, 1.54) is 10.5 Å². The molecule has 6 nitrogen and oxygen atoms in total. The molecule has 27 heavy (non-hydrogen) atoms. The minimum Gasteiger partial charge on any atom is -0.439 e. The highest BCUT2D eigenvalue weighted by atomic mass is 32.2. The van der Waals surface area contributed by atoms with Crippen molar-refractivity contribution in [3.63, 3.8) is 0 Å². The normalized spacial score (nSPS) is 15.1. The van der Waals surface area contributed by atoms with E-state index < -0.39 is 10.0 Å². The fraction of sp³-hybridized carbons (Fsp3) is 0.263. The van der Waals surface area contributed by atoms with E-state index in [2.05, 4.69) is 9.97 Å². The van der Waals surface area contributed by atoms with Crippen LogP contribution >= 0.6 is 11.3 Å². The third-order valence-corrected chi connectivity index (χ3v) is 7.25. The quantitative estimate of drug-likeness (QED) is 0.644. The van der Waals surface area contributed by atoms with Gasteiger partial charge in [-0.2, -0.15) is 4.31 Å². The Hall–Kier alpha value is -2.29. The minimum atomic E-state index is -3.45. The molecule has 0 amide bonds. The van der Waals surface area contributed by atoms with Crippen molar-refractivity contribution in [3.8, 4) is 22.2 Å². The van der Waals surface area contributed by atoms with Crippen LogP contribution in [-0.2, 0) is 10.0 Å². The monoisotopic (exact) mass is 401 g/mol. The number of hydrogen-bond donors (Lipinski definition) is 0. The molecule has 1 aliphatic heterocycles. The van der Waals surface area contributed by atoms with Crippen LogP contribution in [0.3, 0.4) is 0 Å². The van der Waals surface area contributed by atoms with Crippen LogP contribution in [0.2, 0.25) is 0 Å². The van der Waals surface area contributed by atoms with E-state index in [1.54, 1.807) is 23.5 Å². The summed E-state index contributed by atoms with van der Waals surface area (Å²) >= 11 is 1.60. The van der Waals surface area contributed by atoms with Crippen molar-refractivity contribution in [3.05, 3.63) is 53.7 Å². The summed E-state index contributed by atoms with van der Waals surface area (Å²) in [7, 11) is -3.45. The lowest BCUT2D eigenvalue weighted by Crippen LogP contribution is -2.27. The van der Waals surface area contributed by atoms with E-state index in [0.717, 1.165) is 29.1 Å². The van der Waals surface area contributed by atoms with Crippen LogP contribution in [-0.4, -0.2) is 35.8 Å². The molecule has 8 heteroatoms. The van der Waals surface area contributed by atoms with Crippen molar-refractivity contribution < 1.29 is 13.2 Å². The molecule has 0 unspecified atom stereocenters. The van der Waals surface area contributed by atoms with Gasteiger partial charge in [-0.15, -0.1) is 11.3 Å². The molecule has 1 fully saturated rings. The summed E-state index contributed by atoms with van der Waals surface area (Å²) in [5.74, 6) is 0.989. The molecule has 0 atom stereocenters. The van der Waals surface area contributed by atoms with Gasteiger partial charge in [0.1, 0.15) is 15.7 Å². The average molecular weight is 402 g/mol. The Balaban J connectivity index is 1.47. The summed E-state index contributed by atoms with van der Waals surface area (Å²) in [5, 5.41) is 2.98. The highest BCUT2D eigenvalue weighted by molar-refractivity contribution is 7.89. The molecule has 3 heterocycles. The van der Waals surface area contributed by atoms with E-state index in [-0.39, 0.29) is 4.90 Å². The standard InChI is InChI=1S/C19H19N3O3S2/c1-14-13-26-19(21-14)15-4-6-16(7-5-15)25-18-9-8-17(12-20-18)27(23,24)22-10-2-3-11-22/h4-9,12-13H,2-3,10-11H2,1H3. The molecule has 0 N–H and O–H groups in total. The zero-order valence-electron chi connectivity index (χ0n) is 14.8. The van der Waals surface area contributed by atoms with Crippen LogP contribution in [0.4, 0.5) is 0 Å². The summed E-state index contributed by atoms with van der Waals surface area (Å²) in [6.45, 7) is 3.12. The predicted molar refractivity (Wildman–Crippen MR) is 105 cm³/mol. The molecular weight excluding hydrogens is 382 g/mol. The lowest BCUT2D eigenvalue weighted by molar-refractivity contribution is 0.460. The van der Waals surface area contributed by atoms with Crippen molar-refractivity contribution >= 4 is 21.4 Å². The van der Waals surface area contributed by atoms with Crippen LogP contribution in [0.5, 0.6) is 11.6 Å². The molecule has 140 valence electrons. The van der Waals surface area contributed by atoms with Gasteiger partial charge in [0.15, 0.2) is 0 Å². The third kappa shape index (κ3) is 3.87. The molecule has 0 aliphatic carbocycles. The Labute approximate surface area is 162 Å². The van der Waals surface area contributed by atoms with Gasteiger partial charge in [0.2, 0.25) is 15.9 Å². The number of sulfonamides is 1. The minimum absolute atomic E-state index is 0.200. The van der Waals surface area contributed by atoms with Gasteiger partial charge < -0.3 is 4.74 Å². The van der Waals surface area contributed by atoms with Crippen LogP contribution < -0.4 is 4.74 Å². The number of nitrogens with zero attached hydrogens (tertiary/aromatic N) is 3. The molecule has 1 saturated heterocycles. The largest absolute Gasteiger partial charge is 0.439 e. The highest BCUT2D eigenvalue weighted by Crippen LogP contribution is 2.28. The number of pyridine rings is 1. The Morgan fingerprint density at radius 2 is 1.81 bits per heavy atom. The summed E-state index contributed by atoms with van der Waals surface area (Å²) in [6, 6.07) is 10.7. The first-order valence-electron chi connectivity index (χ1n) is 8.69. The molecular formula is C19H19N3O3S2. The first-order valence-corrected chi connectivity index (χ1v) is 11.0. The molecule has 4 rings (SSSR count). The van der Waals surface area contributed by atoms with E-state index in [9.17, 15) is 8.42 Å². The summed E-state index contributed by atoms with van der Waals surface area (Å²) in [6.07, 6.45) is 3.17. The van der Waals surface area contributed by atoms with E-state index in [1.807, 2.05) is 36.6 Å². The van der Waals surface area contributed by atoms with Crippen LogP contribution in [0.1, 0.15) is 18.5 Å². The second-order valence-electron chi connectivity index (χ2n) is 6.36. The third-order valence-electron chi connectivity index (χ3n) is 4.35. The lowest BCUT2D eigenvalue weighted by atomic mass is 10.2. The maximum atomic E-state index is 12.5. The maximum absolute atomic E-state index is 12.5. The van der Waals surface area contributed by atoms with Crippen molar-refractivity contribution in [2.24, 2.45) is 0 Å². The topological polar surface area (TPSA) is 72.4 Å². The molecule has 1 aliphatic rings. The van der Waals surface area contributed by atoms with Gasteiger partial charge in [-0.25, -0.2) is 18.4 Å². The van der Waals surface area contributed by atoms with Crippen molar-refractivity contribution in [2.75, 3.05) is 13.1 Å². The fourth-order valence-corrected chi connectivity index (χ4v) is 5.20. The van der Waals surface area contributed by atoms with Crippen LogP contribution in [0.25, 0.3) is 10.6 Å². The number of aromatic nitrogens is 2. The number of aryl methyl sites for hydroxylation is 1. The van der Waals surface area contributed by atoms with Crippen LogP contribution in [0.15, 0.2) is 52.9 Å². The Morgan fingerprint density at radius 1 is 1.07 bits per heavy atom. The zero-order chi connectivity index (χ0) is 18.9. The van der Waals surface area contributed by atoms with Gasteiger partial charge in [0.25, 0.3) is 0 Å². The molecule has 0 bridgehead atoms. The van der Waals surface area contributed by atoms with Crippen molar-refractivity contribution in [2.45, 2.75) is 24.7 Å². The molecule has 0 radical (unpaired) electrons. The summed E-state index contributed by atoms with van der Waals surface area (Å²) in [5.41, 5.74) is 2.03. The van der Waals surface area contributed by atoms with Gasteiger partial charge in [-0.1, -0.05) is 0 Å². The van der Waals surface area contributed by atoms with Gasteiger partial charge in [0.05, 0.1) is 6.20 Å². The van der Waals surface area contributed by atoms with Crippen molar-refractivity contribution in [1.29, 1.82) is 0 Å². The Morgan fingerprint density at radius 3 is 2.41 bits per heavy atom.